The topological polar surface area (TPSA) is 65.1 Å². The summed E-state index contributed by atoms with van der Waals surface area (Å²) in [5, 5.41) is 12.5. The van der Waals surface area contributed by atoms with Crippen molar-refractivity contribution in [3.8, 4) is 5.75 Å². The second-order valence-corrected chi connectivity index (χ2v) is 4.95. The first-order chi connectivity index (χ1) is 10.8. The molecule has 2 aromatic carbocycles. The number of hydrogen-bond donors (Lipinski definition) is 3. The molecule has 0 atom stereocenters. The van der Waals surface area contributed by atoms with Gasteiger partial charge < -0.3 is 15.4 Å². The molecule has 0 spiro atoms. The van der Waals surface area contributed by atoms with Gasteiger partial charge in [-0.1, -0.05) is 12.1 Å². The lowest BCUT2D eigenvalue weighted by molar-refractivity contribution is -0.140. The van der Waals surface area contributed by atoms with Crippen molar-refractivity contribution in [1.29, 1.82) is 0 Å². The third kappa shape index (κ3) is 2.98. The number of carbonyl (C=O) groups is 1. The fourth-order valence-corrected chi connectivity index (χ4v) is 2.23. The van der Waals surface area contributed by atoms with Gasteiger partial charge in [-0.05, 0) is 36.4 Å². The number of anilines is 1. The molecule has 1 amide bonds. The molecule has 0 fully saturated rings. The molecule has 0 saturated carbocycles. The van der Waals surface area contributed by atoms with Gasteiger partial charge in [-0.3, -0.25) is 4.79 Å². The summed E-state index contributed by atoms with van der Waals surface area (Å²) in [5.41, 5.74) is -0.120. The lowest BCUT2D eigenvalue weighted by atomic mass is 10.1. The van der Waals surface area contributed by atoms with Crippen molar-refractivity contribution in [2.75, 3.05) is 5.32 Å². The molecule has 0 aliphatic carbocycles. The van der Waals surface area contributed by atoms with E-state index in [1.807, 2.05) is 0 Å². The number of aromatic hydroxyl groups is 1. The molecule has 118 valence electrons. The van der Waals surface area contributed by atoms with Crippen molar-refractivity contribution in [1.82, 2.24) is 4.98 Å². The average molecular weight is 320 g/mol. The van der Waals surface area contributed by atoms with Crippen molar-refractivity contribution in [3.05, 3.63) is 59.8 Å². The Morgan fingerprint density at radius 3 is 2.52 bits per heavy atom. The highest BCUT2D eigenvalue weighted by atomic mass is 19.4. The molecule has 0 radical (unpaired) electrons. The van der Waals surface area contributed by atoms with Crippen LogP contribution in [0.4, 0.5) is 18.9 Å². The zero-order valence-corrected chi connectivity index (χ0v) is 11.6. The first kappa shape index (κ1) is 15.0. The number of carbonyl (C=O) groups excluding carboxylic acids is 1. The van der Waals surface area contributed by atoms with Crippen LogP contribution < -0.4 is 5.32 Å². The first-order valence-electron chi connectivity index (χ1n) is 6.64. The number of nitrogens with one attached hydrogen (secondary N) is 2. The molecular formula is C16H11F3N2O2. The van der Waals surface area contributed by atoms with Gasteiger partial charge in [0.25, 0.3) is 5.91 Å². The van der Waals surface area contributed by atoms with Gasteiger partial charge in [0.2, 0.25) is 0 Å². The molecule has 0 aliphatic heterocycles. The lowest BCUT2D eigenvalue weighted by Gasteiger charge is -2.06. The highest BCUT2D eigenvalue weighted by Gasteiger charge is 2.32. The smallest absolute Gasteiger partial charge is 0.431 e. The summed E-state index contributed by atoms with van der Waals surface area (Å²) in [6, 6.07) is 11.3. The van der Waals surface area contributed by atoms with E-state index in [1.54, 1.807) is 12.1 Å². The lowest BCUT2D eigenvalue weighted by Crippen LogP contribution is -2.11. The van der Waals surface area contributed by atoms with Gasteiger partial charge in [0.05, 0.1) is 5.56 Å². The van der Waals surface area contributed by atoms with Crippen LogP contribution in [0.15, 0.2) is 48.5 Å². The number of para-hydroxylation sites is 1. The maximum atomic E-state index is 12.7. The van der Waals surface area contributed by atoms with E-state index in [1.165, 1.54) is 30.3 Å². The molecule has 0 saturated heterocycles. The fraction of sp³-hybridized carbons (Fsp3) is 0.0625. The van der Waals surface area contributed by atoms with Crippen LogP contribution in [0.5, 0.6) is 5.75 Å². The second-order valence-electron chi connectivity index (χ2n) is 4.95. The molecular weight excluding hydrogens is 309 g/mol. The monoisotopic (exact) mass is 320 g/mol. The molecule has 4 nitrogen and oxygen atoms in total. The van der Waals surface area contributed by atoms with E-state index in [4.69, 9.17) is 0 Å². The predicted octanol–water partition coefficient (Wildman–Crippen LogP) is 4.14. The number of fused-ring (bicyclic) bond motifs is 1. The summed E-state index contributed by atoms with van der Waals surface area (Å²) >= 11 is 0. The number of alkyl halides is 3. The number of H-pyrrole nitrogens is 1. The normalized spacial score (nSPS) is 11.6. The number of halogens is 3. The van der Waals surface area contributed by atoms with Gasteiger partial charge in [0.1, 0.15) is 11.4 Å². The van der Waals surface area contributed by atoms with Crippen molar-refractivity contribution >= 4 is 22.5 Å². The Kier molecular flexibility index (Phi) is 3.48. The van der Waals surface area contributed by atoms with Gasteiger partial charge >= 0.3 is 6.18 Å². The molecule has 3 rings (SSSR count). The van der Waals surface area contributed by atoms with E-state index in [9.17, 15) is 23.1 Å². The second kappa shape index (κ2) is 5.35. The molecule has 3 aromatic rings. The number of phenolic OH excluding ortho intramolecular Hbond substituents is 1. The number of hydrogen-bond acceptors (Lipinski definition) is 2. The zero-order valence-electron chi connectivity index (χ0n) is 11.6. The number of aromatic nitrogens is 1. The summed E-state index contributed by atoms with van der Waals surface area (Å²) < 4.78 is 38.0. The van der Waals surface area contributed by atoms with Crippen LogP contribution in [-0.4, -0.2) is 16.0 Å². The fourth-order valence-electron chi connectivity index (χ4n) is 2.23. The molecule has 0 unspecified atom stereocenters. The zero-order chi connectivity index (χ0) is 16.6. The van der Waals surface area contributed by atoms with Gasteiger partial charge in [-0.15, -0.1) is 0 Å². The Labute approximate surface area is 128 Å². The van der Waals surface area contributed by atoms with Gasteiger partial charge in [-0.2, -0.15) is 13.2 Å². The third-order valence-corrected chi connectivity index (χ3v) is 3.33. The van der Waals surface area contributed by atoms with Crippen molar-refractivity contribution in [2.24, 2.45) is 0 Å². The summed E-state index contributed by atoms with van der Waals surface area (Å²) in [6.45, 7) is 0. The Hall–Kier alpha value is -2.96. The van der Waals surface area contributed by atoms with Crippen LogP contribution in [-0.2, 0) is 6.18 Å². The van der Waals surface area contributed by atoms with Crippen LogP contribution in [0, 0.1) is 0 Å². The minimum absolute atomic E-state index is 0.0812. The van der Waals surface area contributed by atoms with E-state index in [-0.39, 0.29) is 11.3 Å². The highest BCUT2D eigenvalue weighted by Crippen LogP contribution is 2.32. The van der Waals surface area contributed by atoms with Crippen LogP contribution in [0.1, 0.15) is 16.1 Å². The number of amides is 1. The SMILES string of the molecule is O=C(Nc1ccc2[nH]c(C(F)(F)F)cc2c1)c1ccccc1O. The Bertz CT molecular complexity index is 884. The van der Waals surface area contributed by atoms with Gasteiger partial charge in [0, 0.05) is 16.6 Å². The van der Waals surface area contributed by atoms with Crippen molar-refractivity contribution in [2.45, 2.75) is 6.18 Å². The van der Waals surface area contributed by atoms with E-state index in [2.05, 4.69) is 10.3 Å². The molecule has 7 heteroatoms. The molecule has 1 aromatic heterocycles. The summed E-state index contributed by atoms with van der Waals surface area (Å²) in [7, 11) is 0. The van der Waals surface area contributed by atoms with E-state index < -0.39 is 17.8 Å². The van der Waals surface area contributed by atoms with Crippen LogP contribution in [0.25, 0.3) is 10.9 Å². The Balaban J connectivity index is 1.89. The first-order valence-corrected chi connectivity index (χ1v) is 6.64. The maximum Gasteiger partial charge on any atom is 0.431 e. The van der Waals surface area contributed by atoms with Crippen molar-refractivity contribution < 1.29 is 23.1 Å². The number of aromatic amines is 1. The van der Waals surface area contributed by atoms with E-state index >= 15 is 0 Å². The van der Waals surface area contributed by atoms with E-state index in [0.29, 0.717) is 16.6 Å². The number of benzene rings is 2. The molecule has 1 heterocycles. The van der Waals surface area contributed by atoms with Gasteiger partial charge in [0.15, 0.2) is 0 Å². The molecule has 3 N–H and O–H groups in total. The largest absolute Gasteiger partial charge is 0.507 e. The minimum Gasteiger partial charge on any atom is -0.507 e. The van der Waals surface area contributed by atoms with Crippen LogP contribution >= 0.6 is 0 Å². The van der Waals surface area contributed by atoms with Crippen LogP contribution in [0.3, 0.4) is 0 Å². The van der Waals surface area contributed by atoms with Crippen molar-refractivity contribution in [3.63, 3.8) is 0 Å². The average Bonchev–Trinajstić information content (AvgIpc) is 2.91. The van der Waals surface area contributed by atoms with Gasteiger partial charge in [-0.25, -0.2) is 0 Å². The molecule has 0 bridgehead atoms. The molecule has 23 heavy (non-hydrogen) atoms. The minimum atomic E-state index is -4.46. The predicted molar refractivity (Wildman–Crippen MR) is 79.4 cm³/mol. The maximum absolute atomic E-state index is 12.7. The quantitative estimate of drug-likeness (QED) is 0.664. The summed E-state index contributed by atoms with van der Waals surface area (Å²) in [4.78, 5) is 14.4. The molecule has 0 aliphatic rings. The number of phenols is 1. The van der Waals surface area contributed by atoms with E-state index in [0.717, 1.165) is 6.07 Å². The third-order valence-electron chi connectivity index (χ3n) is 3.33. The Morgan fingerprint density at radius 2 is 1.83 bits per heavy atom. The highest BCUT2D eigenvalue weighted by molar-refractivity contribution is 6.06. The summed E-state index contributed by atoms with van der Waals surface area (Å²) in [5.74, 6) is -0.721. The summed E-state index contributed by atoms with van der Waals surface area (Å²) in [6.07, 6.45) is -4.46. The van der Waals surface area contributed by atoms with Crippen LogP contribution in [0.2, 0.25) is 0 Å². The number of rotatable bonds is 2. The standard InChI is InChI=1S/C16H11F3N2O2/c17-16(18,19)14-8-9-7-10(5-6-12(9)21-14)20-15(23)11-3-1-2-4-13(11)22/h1-8,21-22H,(H,20,23). The Morgan fingerprint density at radius 1 is 1.09 bits per heavy atom.